The van der Waals surface area contributed by atoms with Crippen LogP contribution in [0.2, 0.25) is 0 Å². The summed E-state index contributed by atoms with van der Waals surface area (Å²) in [6, 6.07) is 0.342. The predicted molar refractivity (Wildman–Crippen MR) is 70.7 cm³/mol. The summed E-state index contributed by atoms with van der Waals surface area (Å²) in [6.07, 6.45) is 0.916. The lowest BCUT2D eigenvalue weighted by Crippen LogP contribution is -2.49. The summed E-state index contributed by atoms with van der Waals surface area (Å²) in [5, 5.41) is 2.77. The van der Waals surface area contributed by atoms with Crippen LogP contribution in [0, 0.1) is 10.8 Å². The molecule has 2 unspecified atom stereocenters. The number of carbonyl (C=O) groups is 1. The van der Waals surface area contributed by atoms with Gasteiger partial charge < -0.3 is 11.1 Å². The zero-order valence-corrected chi connectivity index (χ0v) is 11.8. The molecule has 1 fully saturated rings. The van der Waals surface area contributed by atoms with Gasteiger partial charge in [-0.3, -0.25) is 9.69 Å². The number of nitrogens with zero attached hydrogens (tertiary/aromatic N) is 1. The summed E-state index contributed by atoms with van der Waals surface area (Å²) in [4.78, 5) is 14.2. The zero-order valence-electron chi connectivity index (χ0n) is 11.8. The van der Waals surface area contributed by atoms with E-state index in [-0.39, 0.29) is 16.7 Å². The van der Waals surface area contributed by atoms with E-state index >= 15 is 0 Å². The predicted octanol–water partition coefficient (Wildman–Crippen LogP) is 0.818. The first-order chi connectivity index (χ1) is 7.74. The van der Waals surface area contributed by atoms with Gasteiger partial charge in [0.05, 0.1) is 5.41 Å². The van der Waals surface area contributed by atoms with Gasteiger partial charge in [0.2, 0.25) is 5.91 Å². The Bertz CT molecular complexity index is 285. The lowest BCUT2D eigenvalue weighted by Gasteiger charge is -2.38. The highest BCUT2D eigenvalue weighted by Crippen LogP contribution is 2.35. The molecule has 1 aliphatic rings. The van der Waals surface area contributed by atoms with Gasteiger partial charge in [0.15, 0.2) is 0 Å². The molecule has 100 valence electrons. The Morgan fingerprint density at radius 2 is 2.12 bits per heavy atom. The van der Waals surface area contributed by atoms with Crippen molar-refractivity contribution in [3.05, 3.63) is 0 Å². The van der Waals surface area contributed by atoms with Gasteiger partial charge in [0.1, 0.15) is 0 Å². The normalized spacial score (nSPS) is 28.1. The average molecular weight is 241 g/mol. The summed E-state index contributed by atoms with van der Waals surface area (Å²) in [7, 11) is 1.71. The molecule has 17 heavy (non-hydrogen) atoms. The van der Waals surface area contributed by atoms with Crippen LogP contribution < -0.4 is 11.1 Å². The second-order valence-corrected chi connectivity index (χ2v) is 6.48. The molecule has 1 amide bonds. The first-order valence-electron chi connectivity index (χ1n) is 6.41. The van der Waals surface area contributed by atoms with Crippen molar-refractivity contribution >= 4 is 5.91 Å². The molecule has 4 nitrogen and oxygen atoms in total. The highest BCUT2D eigenvalue weighted by Gasteiger charge is 2.43. The molecule has 0 aromatic heterocycles. The Morgan fingerprint density at radius 3 is 2.53 bits per heavy atom. The van der Waals surface area contributed by atoms with E-state index in [2.05, 4.69) is 31.0 Å². The van der Waals surface area contributed by atoms with Crippen molar-refractivity contribution in [2.75, 3.05) is 26.7 Å². The Kier molecular flexibility index (Phi) is 4.20. The molecular weight excluding hydrogens is 214 g/mol. The van der Waals surface area contributed by atoms with Crippen LogP contribution in [0.4, 0.5) is 0 Å². The molecule has 2 atom stereocenters. The standard InChI is InChI=1S/C13H27N3O/c1-12(2,3)10(8-14)16-7-6-13(4,9-16)11(17)15-5/h10H,6-9,14H2,1-5H3,(H,15,17). The first kappa shape index (κ1) is 14.5. The lowest BCUT2D eigenvalue weighted by atomic mass is 9.85. The molecular formula is C13H27N3O. The molecule has 0 aromatic rings. The minimum absolute atomic E-state index is 0.143. The minimum Gasteiger partial charge on any atom is -0.359 e. The van der Waals surface area contributed by atoms with Crippen LogP contribution in [0.3, 0.4) is 0 Å². The molecule has 1 rings (SSSR count). The molecule has 1 heterocycles. The third kappa shape index (κ3) is 2.99. The van der Waals surface area contributed by atoms with Crippen molar-refractivity contribution in [3.8, 4) is 0 Å². The van der Waals surface area contributed by atoms with E-state index < -0.39 is 0 Å². The quantitative estimate of drug-likeness (QED) is 0.769. The van der Waals surface area contributed by atoms with Crippen molar-refractivity contribution in [2.24, 2.45) is 16.6 Å². The van der Waals surface area contributed by atoms with Gasteiger partial charge in [-0.1, -0.05) is 20.8 Å². The summed E-state index contributed by atoms with van der Waals surface area (Å²) in [5.74, 6) is 0.143. The molecule has 4 heteroatoms. The van der Waals surface area contributed by atoms with Crippen LogP contribution in [0.1, 0.15) is 34.1 Å². The first-order valence-corrected chi connectivity index (χ1v) is 6.41. The minimum atomic E-state index is -0.257. The van der Waals surface area contributed by atoms with E-state index in [1.54, 1.807) is 7.05 Å². The Hall–Kier alpha value is -0.610. The number of nitrogens with two attached hydrogens (primary N) is 1. The van der Waals surface area contributed by atoms with Gasteiger partial charge in [-0.25, -0.2) is 0 Å². The maximum atomic E-state index is 11.9. The Morgan fingerprint density at radius 1 is 1.53 bits per heavy atom. The molecule has 0 aromatic carbocycles. The molecule has 0 radical (unpaired) electrons. The van der Waals surface area contributed by atoms with Crippen molar-refractivity contribution < 1.29 is 4.79 Å². The third-order valence-electron chi connectivity index (χ3n) is 3.94. The molecule has 0 aliphatic carbocycles. The van der Waals surface area contributed by atoms with E-state index in [1.165, 1.54) is 0 Å². The van der Waals surface area contributed by atoms with Crippen LogP contribution in [-0.2, 0) is 4.79 Å². The molecule has 0 bridgehead atoms. The van der Waals surface area contributed by atoms with Crippen LogP contribution >= 0.6 is 0 Å². The average Bonchev–Trinajstić information content (AvgIpc) is 2.60. The molecule has 0 saturated carbocycles. The smallest absolute Gasteiger partial charge is 0.227 e. The zero-order chi connectivity index (χ0) is 13.3. The number of nitrogens with one attached hydrogen (secondary N) is 1. The third-order valence-corrected chi connectivity index (χ3v) is 3.94. The van der Waals surface area contributed by atoms with Gasteiger partial charge >= 0.3 is 0 Å². The van der Waals surface area contributed by atoms with Crippen molar-refractivity contribution in [2.45, 2.75) is 40.2 Å². The Labute approximate surface area is 105 Å². The fourth-order valence-electron chi connectivity index (χ4n) is 2.80. The Balaban J connectivity index is 2.76. The number of hydrogen-bond donors (Lipinski definition) is 2. The van der Waals surface area contributed by atoms with Gasteiger partial charge in [-0.15, -0.1) is 0 Å². The van der Waals surface area contributed by atoms with E-state index in [1.807, 2.05) is 6.92 Å². The van der Waals surface area contributed by atoms with Crippen molar-refractivity contribution in [3.63, 3.8) is 0 Å². The van der Waals surface area contributed by atoms with Gasteiger partial charge in [-0.05, 0) is 25.3 Å². The molecule has 3 N–H and O–H groups in total. The van der Waals surface area contributed by atoms with E-state index in [9.17, 15) is 4.79 Å². The lowest BCUT2D eigenvalue weighted by molar-refractivity contribution is -0.129. The van der Waals surface area contributed by atoms with Crippen LogP contribution in [0.5, 0.6) is 0 Å². The fraction of sp³-hybridized carbons (Fsp3) is 0.923. The number of rotatable bonds is 3. The maximum absolute atomic E-state index is 11.9. The van der Waals surface area contributed by atoms with Crippen LogP contribution in [-0.4, -0.2) is 43.5 Å². The number of likely N-dealkylation sites (tertiary alicyclic amines) is 1. The molecule has 1 saturated heterocycles. The van der Waals surface area contributed by atoms with Gasteiger partial charge in [0.25, 0.3) is 0 Å². The number of carbonyl (C=O) groups excluding carboxylic acids is 1. The fourth-order valence-corrected chi connectivity index (χ4v) is 2.80. The second-order valence-electron chi connectivity index (χ2n) is 6.48. The van der Waals surface area contributed by atoms with Gasteiger partial charge in [-0.2, -0.15) is 0 Å². The van der Waals surface area contributed by atoms with Gasteiger partial charge in [0, 0.05) is 26.2 Å². The van der Waals surface area contributed by atoms with E-state index in [0.29, 0.717) is 12.6 Å². The number of hydrogen-bond acceptors (Lipinski definition) is 3. The highest BCUT2D eigenvalue weighted by atomic mass is 16.2. The monoisotopic (exact) mass is 241 g/mol. The van der Waals surface area contributed by atoms with E-state index in [0.717, 1.165) is 19.5 Å². The van der Waals surface area contributed by atoms with Crippen LogP contribution in [0.25, 0.3) is 0 Å². The summed E-state index contributed by atoms with van der Waals surface area (Å²) in [5.41, 5.74) is 5.79. The topological polar surface area (TPSA) is 58.4 Å². The molecule has 1 aliphatic heterocycles. The summed E-state index contributed by atoms with van der Waals surface area (Å²) >= 11 is 0. The largest absolute Gasteiger partial charge is 0.359 e. The summed E-state index contributed by atoms with van der Waals surface area (Å²) in [6.45, 7) is 11.1. The maximum Gasteiger partial charge on any atom is 0.227 e. The van der Waals surface area contributed by atoms with Crippen molar-refractivity contribution in [1.29, 1.82) is 0 Å². The van der Waals surface area contributed by atoms with Crippen LogP contribution in [0.15, 0.2) is 0 Å². The number of amides is 1. The highest BCUT2D eigenvalue weighted by molar-refractivity contribution is 5.82. The second kappa shape index (κ2) is 4.94. The molecule has 0 spiro atoms. The van der Waals surface area contributed by atoms with E-state index in [4.69, 9.17) is 5.73 Å². The SMILES string of the molecule is CNC(=O)C1(C)CCN(C(CN)C(C)(C)C)C1. The summed E-state index contributed by atoms with van der Waals surface area (Å²) < 4.78 is 0. The van der Waals surface area contributed by atoms with Crippen molar-refractivity contribution in [1.82, 2.24) is 10.2 Å².